The van der Waals surface area contributed by atoms with E-state index in [1.807, 2.05) is 12.1 Å². The topological polar surface area (TPSA) is 110 Å². The Kier molecular flexibility index (Phi) is 7.01. The van der Waals surface area contributed by atoms with E-state index >= 15 is 0 Å². The number of rotatable bonds is 7. The van der Waals surface area contributed by atoms with Gasteiger partial charge < -0.3 is 11.1 Å². The SMILES string of the molecule is NC(=O)C1CCCN(Cc2ccccc2NC(=O)c2ccc(S(=O)(=O)C(F)F)cc2)C1. The van der Waals surface area contributed by atoms with Crippen LogP contribution in [0.3, 0.4) is 0 Å². The number of likely N-dealkylation sites (tertiary alicyclic amines) is 1. The van der Waals surface area contributed by atoms with Crippen molar-refractivity contribution in [2.45, 2.75) is 30.0 Å². The van der Waals surface area contributed by atoms with Crippen LogP contribution in [0.5, 0.6) is 0 Å². The molecular weight excluding hydrogens is 428 g/mol. The van der Waals surface area contributed by atoms with Crippen molar-refractivity contribution in [3.63, 3.8) is 0 Å². The van der Waals surface area contributed by atoms with E-state index in [0.717, 1.165) is 37.1 Å². The molecule has 0 bridgehead atoms. The second-order valence-electron chi connectivity index (χ2n) is 7.42. The summed E-state index contributed by atoms with van der Waals surface area (Å²) in [4.78, 5) is 25.7. The Balaban J connectivity index is 1.72. The van der Waals surface area contributed by atoms with Crippen LogP contribution >= 0.6 is 0 Å². The van der Waals surface area contributed by atoms with Crippen molar-refractivity contribution in [2.75, 3.05) is 18.4 Å². The van der Waals surface area contributed by atoms with Gasteiger partial charge in [-0.2, -0.15) is 8.78 Å². The monoisotopic (exact) mass is 451 g/mol. The number of nitrogens with zero attached hydrogens (tertiary/aromatic N) is 1. The number of amides is 2. The molecule has 166 valence electrons. The number of para-hydroxylation sites is 1. The number of primary amides is 1. The predicted molar refractivity (Wildman–Crippen MR) is 111 cm³/mol. The summed E-state index contributed by atoms with van der Waals surface area (Å²) in [6.07, 6.45) is 1.62. The zero-order chi connectivity index (χ0) is 22.6. The highest BCUT2D eigenvalue weighted by molar-refractivity contribution is 7.91. The van der Waals surface area contributed by atoms with E-state index in [1.54, 1.807) is 12.1 Å². The third-order valence-corrected chi connectivity index (χ3v) is 6.65. The summed E-state index contributed by atoms with van der Waals surface area (Å²) in [5.41, 5.74) is 6.98. The highest BCUT2D eigenvalue weighted by Crippen LogP contribution is 2.23. The lowest BCUT2D eigenvalue weighted by atomic mass is 9.97. The molecule has 1 aliphatic rings. The van der Waals surface area contributed by atoms with Crippen LogP contribution in [0.1, 0.15) is 28.8 Å². The minimum absolute atomic E-state index is 0.134. The molecule has 0 saturated carbocycles. The first kappa shape index (κ1) is 22.8. The van der Waals surface area contributed by atoms with Crippen LogP contribution in [-0.4, -0.2) is 44.0 Å². The summed E-state index contributed by atoms with van der Waals surface area (Å²) < 4.78 is 48.3. The number of sulfone groups is 1. The molecule has 0 aromatic heterocycles. The molecule has 0 spiro atoms. The number of anilines is 1. The average Bonchev–Trinajstić information content (AvgIpc) is 2.75. The van der Waals surface area contributed by atoms with Crippen molar-refractivity contribution < 1.29 is 26.8 Å². The molecule has 0 aliphatic carbocycles. The molecule has 3 N–H and O–H groups in total. The minimum Gasteiger partial charge on any atom is -0.369 e. The molecule has 1 unspecified atom stereocenters. The Morgan fingerprint density at radius 3 is 2.45 bits per heavy atom. The number of alkyl halides is 2. The fourth-order valence-electron chi connectivity index (χ4n) is 3.55. The van der Waals surface area contributed by atoms with Crippen LogP contribution in [0, 0.1) is 5.92 Å². The van der Waals surface area contributed by atoms with Gasteiger partial charge in [0.05, 0.1) is 10.8 Å². The van der Waals surface area contributed by atoms with Gasteiger partial charge in [0.2, 0.25) is 15.7 Å². The molecule has 3 rings (SSSR count). The normalized spacial score (nSPS) is 17.5. The summed E-state index contributed by atoms with van der Waals surface area (Å²) in [7, 11) is -4.72. The Hall–Kier alpha value is -2.85. The molecule has 2 aromatic carbocycles. The Bertz CT molecular complexity index is 1060. The van der Waals surface area contributed by atoms with Crippen molar-refractivity contribution in [3.8, 4) is 0 Å². The van der Waals surface area contributed by atoms with E-state index in [-0.39, 0.29) is 17.4 Å². The van der Waals surface area contributed by atoms with Crippen LogP contribution in [0.2, 0.25) is 0 Å². The fraction of sp³-hybridized carbons (Fsp3) is 0.333. The summed E-state index contributed by atoms with van der Waals surface area (Å²) in [6, 6.07) is 11.6. The molecule has 1 fully saturated rings. The summed E-state index contributed by atoms with van der Waals surface area (Å²) in [6.45, 7) is 1.88. The number of hydrogen-bond acceptors (Lipinski definition) is 5. The van der Waals surface area contributed by atoms with E-state index in [1.165, 1.54) is 12.1 Å². The smallest absolute Gasteiger partial charge is 0.341 e. The van der Waals surface area contributed by atoms with Crippen LogP contribution in [0.15, 0.2) is 53.4 Å². The fourth-order valence-corrected chi connectivity index (χ4v) is 4.27. The first-order chi connectivity index (χ1) is 14.7. The van der Waals surface area contributed by atoms with E-state index in [4.69, 9.17) is 5.73 Å². The Morgan fingerprint density at radius 2 is 1.81 bits per heavy atom. The first-order valence-corrected chi connectivity index (χ1v) is 11.3. The van der Waals surface area contributed by atoms with Crippen molar-refractivity contribution in [2.24, 2.45) is 11.7 Å². The largest absolute Gasteiger partial charge is 0.369 e. The van der Waals surface area contributed by atoms with Crippen molar-refractivity contribution in [1.29, 1.82) is 0 Å². The molecular formula is C21H23F2N3O4S. The number of piperidine rings is 1. The first-order valence-electron chi connectivity index (χ1n) is 9.71. The Morgan fingerprint density at radius 1 is 1.13 bits per heavy atom. The number of nitrogens with one attached hydrogen (secondary N) is 1. The lowest BCUT2D eigenvalue weighted by molar-refractivity contribution is -0.123. The quantitative estimate of drug-likeness (QED) is 0.673. The maximum atomic E-state index is 12.7. The molecule has 2 aromatic rings. The van der Waals surface area contributed by atoms with Gasteiger partial charge in [-0.25, -0.2) is 8.42 Å². The van der Waals surface area contributed by atoms with E-state index < -0.39 is 26.4 Å². The lowest BCUT2D eigenvalue weighted by Gasteiger charge is -2.31. The maximum Gasteiger partial charge on any atom is 0.341 e. The standard InChI is InChI=1S/C21H23F2N3O4S/c22-21(23)31(29,30)17-9-7-14(8-10-17)20(28)25-18-6-2-1-4-15(18)12-26-11-3-5-16(13-26)19(24)27/h1-2,4,6-10,16,21H,3,5,11-13H2,(H2,24,27)(H,25,28). The molecule has 1 saturated heterocycles. The van der Waals surface area contributed by atoms with Gasteiger partial charge in [0.25, 0.3) is 5.91 Å². The van der Waals surface area contributed by atoms with Gasteiger partial charge in [-0.15, -0.1) is 0 Å². The van der Waals surface area contributed by atoms with Crippen molar-refractivity contribution in [1.82, 2.24) is 4.90 Å². The van der Waals surface area contributed by atoms with Gasteiger partial charge in [-0.1, -0.05) is 18.2 Å². The third-order valence-electron chi connectivity index (χ3n) is 5.25. The van der Waals surface area contributed by atoms with E-state index in [9.17, 15) is 26.8 Å². The number of benzene rings is 2. The molecule has 1 aliphatic heterocycles. The highest BCUT2D eigenvalue weighted by Gasteiger charge is 2.27. The van der Waals surface area contributed by atoms with E-state index in [0.29, 0.717) is 18.8 Å². The van der Waals surface area contributed by atoms with Crippen molar-refractivity contribution in [3.05, 3.63) is 59.7 Å². The van der Waals surface area contributed by atoms with Crippen LogP contribution < -0.4 is 11.1 Å². The highest BCUT2D eigenvalue weighted by atomic mass is 32.2. The zero-order valence-corrected chi connectivity index (χ0v) is 17.4. The second-order valence-corrected chi connectivity index (χ2v) is 9.34. The summed E-state index contributed by atoms with van der Waals surface area (Å²) in [5.74, 6) is -4.53. The molecule has 2 amide bonds. The van der Waals surface area contributed by atoms with Gasteiger partial charge in [0.15, 0.2) is 0 Å². The molecule has 10 heteroatoms. The van der Waals surface area contributed by atoms with E-state index in [2.05, 4.69) is 10.2 Å². The van der Waals surface area contributed by atoms with Crippen LogP contribution in [0.25, 0.3) is 0 Å². The summed E-state index contributed by atoms with van der Waals surface area (Å²) in [5, 5.41) is 2.78. The summed E-state index contributed by atoms with van der Waals surface area (Å²) >= 11 is 0. The third kappa shape index (κ3) is 5.45. The van der Waals surface area contributed by atoms with Gasteiger partial charge in [0, 0.05) is 24.3 Å². The number of nitrogens with two attached hydrogens (primary N) is 1. The molecule has 31 heavy (non-hydrogen) atoms. The lowest BCUT2D eigenvalue weighted by Crippen LogP contribution is -2.40. The Labute approximate surface area is 179 Å². The van der Waals surface area contributed by atoms with Gasteiger partial charge in [-0.05, 0) is 55.3 Å². The van der Waals surface area contributed by atoms with Gasteiger partial charge in [-0.3, -0.25) is 14.5 Å². The number of hydrogen-bond donors (Lipinski definition) is 2. The number of halogens is 2. The number of carbonyl (C=O) groups excluding carboxylic acids is 2. The minimum atomic E-state index is -4.72. The van der Waals surface area contributed by atoms with Crippen LogP contribution in [0.4, 0.5) is 14.5 Å². The maximum absolute atomic E-state index is 12.7. The second kappa shape index (κ2) is 9.52. The predicted octanol–water partition coefficient (Wildman–Crippen LogP) is 2.63. The molecule has 1 heterocycles. The number of carbonyl (C=O) groups is 2. The average molecular weight is 451 g/mol. The van der Waals surface area contributed by atoms with Gasteiger partial charge in [0.1, 0.15) is 0 Å². The molecule has 0 radical (unpaired) electrons. The van der Waals surface area contributed by atoms with Gasteiger partial charge >= 0.3 is 5.76 Å². The van der Waals surface area contributed by atoms with Crippen molar-refractivity contribution >= 4 is 27.3 Å². The molecule has 7 nitrogen and oxygen atoms in total. The molecule has 1 atom stereocenters. The van der Waals surface area contributed by atoms with Crippen LogP contribution in [-0.2, 0) is 21.2 Å². The zero-order valence-electron chi connectivity index (χ0n) is 16.6.